The summed E-state index contributed by atoms with van der Waals surface area (Å²) in [5.74, 6) is 0.810. The Morgan fingerprint density at radius 2 is 1.93 bits per heavy atom. The first-order valence-electron chi connectivity index (χ1n) is 8.80. The lowest BCUT2D eigenvalue weighted by Crippen LogP contribution is -2.26. The summed E-state index contributed by atoms with van der Waals surface area (Å²) in [6.45, 7) is 4.39. The van der Waals surface area contributed by atoms with Crippen LogP contribution in [-0.2, 0) is 6.54 Å². The molecule has 0 aliphatic heterocycles. The highest BCUT2D eigenvalue weighted by atomic mass is 16.5. The third-order valence-electron chi connectivity index (χ3n) is 3.89. The van der Waals surface area contributed by atoms with Crippen molar-refractivity contribution in [2.24, 2.45) is 0 Å². The Balaban J connectivity index is 1.82. The van der Waals surface area contributed by atoms with Gasteiger partial charge in [0.15, 0.2) is 5.75 Å². The molecule has 0 atom stereocenters. The Bertz CT molecular complexity index is 1010. The zero-order valence-electron chi connectivity index (χ0n) is 15.3. The van der Waals surface area contributed by atoms with Gasteiger partial charge in [0.05, 0.1) is 5.69 Å². The predicted octanol–water partition coefficient (Wildman–Crippen LogP) is 4.01. The van der Waals surface area contributed by atoms with Gasteiger partial charge in [0.25, 0.3) is 11.5 Å². The normalized spacial score (nSPS) is 10.4. The van der Waals surface area contributed by atoms with Crippen molar-refractivity contribution >= 4 is 11.6 Å². The summed E-state index contributed by atoms with van der Waals surface area (Å²) in [5, 5.41) is 6.94. The number of hydrogen-bond acceptors (Lipinski definition) is 4. The van der Waals surface area contributed by atoms with E-state index in [9.17, 15) is 9.59 Å². The number of benzene rings is 2. The fraction of sp³-hybridized carbons (Fsp3) is 0.190. The minimum Gasteiger partial charge on any atom is -0.455 e. The highest BCUT2D eigenvalue weighted by molar-refractivity contribution is 6.03. The van der Waals surface area contributed by atoms with Crippen molar-refractivity contribution in [1.29, 1.82) is 0 Å². The lowest BCUT2D eigenvalue weighted by molar-refractivity contribution is 0.101. The number of carbonyl (C=O) groups excluding carboxylic acids is 1. The van der Waals surface area contributed by atoms with Crippen molar-refractivity contribution in [3.63, 3.8) is 0 Å². The van der Waals surface area contributed by atoms with Crippen LogP contribution in [0.3, 0.4) is 0 Å². The molecule has 1 N–H and O–H groups in total. The van der Waals surface area contributed by atoms with E-state index in [1.54, 1.807) is 12.1 Å². The third kappa shape index (κ3) is 4.61. The number of hydrogen-bond donors (Lipinski definition) is 1. The molecule has 0 aliphatic rings. The van der Waals surface area contributed by atoms with Crippen LogP contribution in [0, 0.1) is 6.92 Å². The average Bonchev–Trinajstić information content (AvgIpc) is 2.65. The molecule has 0 spiro atoms. The van der Waals surface area contributed by atoms with Crippen LogP contribution in [0.15, 0.2) is 65.5 Å². The second kappa shape index (κ2) is 8.31. The summed E-state index contributed by atoms with van der Waals surface area (Å²) >= 11 is 0. The number of aryl methyl sites for hydroxylation is 2. The second-order valence-corrected chi connectivity index (χ2v) is 6.15. The minimum absolute atomic E-state index is 0.174. The molecule has 0 unspecified atom stereocenters. The van der Waals surface area contributed by atoms with Crippen molar-refractivity contribution in [1.82, 2.24) is 9.78 Å². The minimum atomic E-state index is -0.403. The highest BCUT2D eigenvalue weighted by Gasteiger charge is 2.13. The largest absolute Gasteiger partial charge is 0.455 e. The molecule has 0 fully saturated rings. The van der Waals surface area contributed by atoms with E-state index in [1.165, 1.54) is 16.8 Å². The quantitative estimate of drug-likeness (QED) is 0.718. The molecule has 0 saturated heterocycles. The van der Waals surface area contributed by atoms with Crippen LogP contribution in [-0.4, -0.2) is 15.7 Å². The summed E-state index contributed by atoms with van der Waals surface area (Å²) in [6, 6.07) is 17.6. The van der Waals surface area contributed by atoms with E-state index in [2.05, 4.69) is 10.4 Å². The number of carbonyl (C=O) groups is 1. The molecule has 0 bridgehead atoms. The summed E-state index contributed by atoms with van der Waals surface area (Å²) in [5.41, 5.74) is 1.56. The molecule has 0 radical (unpaired) electrons. The molecule has 3 rings (SSSR count). The lowest BCUT2D eigenvalue weighted by atomic mass is 10.2. The lowest BCUT2D eigenvalue weighted by Gasteiger charge is -2.12. The number of para-hydroxylation sites is 2. The van der Waals surface area contributed by atoms with Crippen LogP contribution < -0.4 is 15.6 Å². The number of amides is 1. The maximum absolute atomic E-state index is 12.6. The van der Waals surface area contributed by atoms with Crippen molar-refractivity contribution < 1.29 is 9.53 Å². The number of rotatable bonds is 6. The molecule has 1 amide bonds. The predicted molar refractivity (Wildman–Crippen MR) is 104 cm³/mol. The Labute approximate surface area is 157 Å². The van der Waals surface area contributed by atoms with Crippen LogP contribution in [0.1, 0.15) is 29.4 Å². The van der Waals surface area contributed by atoms with Crippen LogP contribution in [0.4, 0.5) is 5.69 Å². The number of ether oxygens (including phenoxy) is 1. The zero-order chi connectivity index (χ0) is 19.2. The number of nitrogens with one attached hydrogen (secondary N) is 1. The van der Waals surface area contributed by atoms with Crippen molar-refractivity contribution in [3.05, 3.63) is 82.3 Å². The van der Waals surface area contributed by atoms with Crippen LogP contribution in [0.2, 0.25) is 0 Å². The van der Waals surface area contributed by atoms with Gasteiger partial charge in [0.2, 0.25) is 0 Å². The van der Waals surface area contributed by atoms with E-state index in [0.717, 1.165) is 12.0 Å². The molecule has 6 nitrogen and oxygen atoms in total. The van der Waals surface area contributed by atoms with Gasteiger partial charge in [-0.3, -0.25) is 9.59 Å². The SMILES string of the molecule is CCCn1nc(C(=O)Nc2ccccc2Oc2cccc(C)c2)ccc1=O. The zero-order valence-corrected chi connectivity index (χ0v) is 15.3. The Morgan fingerprint density at radius 1 is 1.11 bits per heavy atom. The molecule has 27 heavy (non-hydrogen) atoms. The molecule has 3 aromatic rings. The van der Waals surface area contributed by atoms with E-state index in [1.807, 2.05) is 50.2 Å². The molecule has 1 aromatic heterocycles. The first-order chi connectivity index (χ1) is 13.1. The maximum Gasteiger partial charge on any atom is 0.276 e. The Morgan fingerprint density at radius 3 is 2.70 bits per heavy atom. The van der Waals surface area contributed by atoms with Gasteiger partial charge in [-0.25, -0.2) is 4.68 Å². The maximum atomic E-state index is 12.6. The average molecular weight is 363 g/mol. The molecule has 6 heteroatoms. The number of anilines is 1. The van der Waals surface area contributed by atoms with E-state index < -0.39 is 5.91 Å². The molecule has 0 saturated carbocycles. The van der Waals surface area contributed by atoms with Gasteiger partial charge in [-0.05, 0) is 49.2 Å². The first kappa shape index (κ1) is 18.4. The molecule has 1 heterocycles. The van der Waals surface area contributed by atoms with Gasteiger partial charge < -0.3 is 10.1 Å². The smallest absolute Gasteiger partial charge is 0.276 e. The van der Waals surface area contributed by atoms with Gasteiger partial charge in [0, 0.05) is 12.6 Å². The monoisotopic (exact) mass is 363 g/mol. The van der Waals surface area contributed by atoms with Gasteiger partial charge in [-0.2, -0.15) is 5.10 Å². The topological polar surface area (TPSA) is 73.2 Å². The van der Waals surface area contributed by atoms with E-state index in [4.69, 9.17) is 4.74 Å². The van der Waals surface area contributed by atoms with Gasteiger partial charge in [0.1, 0.15) is 11.4 Å². The second-order valence-electron chi connectivity index (χ2n) is 6.15. The summed E-state index contributed by atoms with van der Waals surface area (Å²) in [4.78, 5) is 24.4. The van der Waals surface area contributed by atoms with Crippen LogP contribution >= 0.6 is 0 Å². The van der Waals surface area contributed by atoms with E-state index >= 15 is 0 Å². The molecule has 138 valence electrons. The molecular formula is C21H21N3O3. The van der Waals surface area contributed by atoms with Crippen LogP contribution in [0.25, 0.3) is 0 Å². The molecular weight excluding hydrogens is 342 g/mol. The fourth-order valence-electron chi connectivity index (χ4n) is 2.59. The standard InChI is InChI=1S/C21H21N3O3/c1-3-13-24-20(25)12-11-18(23-24)21(26)22-17-9-4-5-10-19(17)27-16-8-6-7-15(2)14-16/h4-12,14H,3,13H2,1-2H3,(H,22,26). The first-order valence-corrected chi connectivity index (χ1v) is 8.80. The van der Waals surface area contributed by atoms with Crippen molar-refractivity contribution in [2.45, 2.75) is 26.8 Å². The van der Waals surface area contributed by atoms with Crippen LogP contribution in [0.5, 0.6) is 11.5 Å². The number of aromatic nitrogens is 2. The summed E-state index contributed by atoms with van der Waals surface area (Å²) in [6.07, 6.45) is 0.755. The molecule has 2 aromatic carbocycles. The van der Waals surface area contributed by atoms with Gasteiger partial charge >= 0.3 is 0 Å². The van der Waals surface area contributed by atoms with Crippen molar-refractivity contribution in [3.8, 4) is 11.5 Å². The number of nitrogens with zero attached hydrogens (tertiary/aromatic N) is 2. The van der Waals surface area contributed by atoms with Gasteiger partial charge in [-0.1, -0.05) is 31.2 Å². The third-order valence-corrected chi connectivity index (χ3v) is 3.89. The van der Waals surface area contributed by atoms with E-state index in [-0.39, 0.29) is 11.3 Å². The Hall–Kier alpha value is -3.41. The Kier molecular flexibility index (Phi) is 5.66. The van der Waals surface area contributed by atoms with Crippen molar-refractivity contribution in [2.75, 3.05) is 5.32 Å². The highest BCUT2D eigenvalue weighted by Crippen LogP contribution is 2.29. The molecule has 0 aliphatic carbocycles. The van der Waals surface area contributed by atoms with Gasteiger partial charge in [-0.15, -0.1) is 0 Å². The van der Waals surface area contributed by atoms with E-state index in [0.29, 0.717) is 23.7 Å². The summed E-state index contributed by atoms with van der Waals surface area (Å²) in [7, 11) is 0. The summed E-state index contributed by atoms with van der Waals surface area (Å²) < 4.78 is 7.21. The fourth-order valence-corrected chi connectivity index (χ4v) is 2.59.